The Bertz CT molecular complexity index is 816. The van der Waals surface area contributed by atoms with Crippen LogP contribution >= 0.6 is 11.6 Å². The average Bonchev–Trinajstić information content (AvgIpc) is 2.91. The molecule has 0 radical (unpaired) electrons. The van der Waals surface area contributed by atoms with Crippen molar-refractivity contribution in [3.05, 3.63) is 51.2 Å². The van der Waals surface area contributed by atoms with Crippen molar-refractivity contribution in [2.75, 3.05) is 18.6 Å². The van der Waals surface area contributed by atoms with Gasteiger partial charge in [0.05, 0.1) is 22.2 Å². The molecule has 0 aliphatic rings. The molecule has 1 heterocycles. The predicted octanol–water partition coefficient (Wildman–Crippen LogP) is 2.64. The van der Waals surface area contributed by atoms with E-state index < -0.39 is 14.8 Å². The molecule has 0 fully saturated rings. The number of nitro groups is 1. The van der Waals surface area contributed by atoms with Crippen molar-refractivity contribution in [3.8, 4) is 11.3 Å². The second kappa shape index (κ2) is 7.12. The van der Waals surface area contributed by atoms with Gasteiger partial charge in [-0.2, -0.15) is 0 Å². The highest BCUT2D eigenvalue weighted by Crippen LogP contribution is 2.32. The Morgan fingerprint density at radius 2 is 2.04 bits per heavy atom. The summed E-state index contributed by atoms with van der Waals surface area (Å²) in [5.74, 6) is 1.15. The Morgan fingerprint density at radius 3 is 2.65 bits per heavy atom. The molecular weight excluding hydrogens is 344 g/mol. The summed E-state index contributed by atoms with van der Waals surface area (Å²) in [6, 6.07) is 7.60. The third kappa shape index (κ3) is 5.05. The van der Waals surface area contributed by atoms with E-state index in [9.17, 15) is 18.5 Å². The minimum atomic E-state index is -3.00. The number of sulfone groups is 1. The van der Waals surface area contributed by atoms with Crippen LogP contribution in [0.25, 0.3) is 11.3 Å². The first kappa shape index (κ1) is 17.5. The fourth-order valence-corrected chi connectivity index (χ4v) is 2.69. The van der Waals surface area contributed by atoms with Crippen molar-refractivity contribution in [1.82, 2.24) is 5.32 Å². The number of rotatable bonds is 7. The van der Waals surface area contributed by atoms with Crippen LogP contribution in [0.1, 0.15) is 5.76 Å². The van der Waals surface area contributed by atoms with Crippen LogP contribution < -0.4 is 5.32 Å². The predicted molar refractivity (Wildman–Crippen MR) is 87.2 cm³/mol. The molecule has 0 aliphatic carbocycles. The van der Waals surface area contributed by atoms with Crippen LogP contribution in [-0.4, -0.2) is 31.9 Å². The SMILES string of the molecule is CS(=O)(=O)CCNCc1ccc(-c2ccc([N+](=O)[O-])cc2Cl)o1. The van der Waals surface area contributed by atoms with Gasteiger partial charge in [0, 0.05) is 30.5 Å². The molecule has 0 unspecified atom stereocenters. The monoisotopic (exact) mass is 358 g/mol. The van der Waals surface area contributed by atoms with Gasteiger partial charge in [-0.3, -0.25) is 10.1 Å². The number of nitrogens with zero attached hydrogens (tertiary/aromatic N) is 1. The number of hydrogen-bond acceptors (Lipinski definition) is 6. The van der Waals surface area contributed by atoms with Gasteiger partial charge in [-0.1, -0.05) is 11.6 Å². The van der Waals surface area contributed by atoms with Crippen molar-refractivity contribution in [1.29, 1.82) is 0 Å². The van der Waals surface area contributed by atoms with Crippen LogP contribution in [0.2, 0.25) is 5.02 Å². The Labute approximate surface area is 138 Å². The Morgan fingerprint density at radius 1 is 1.30 bits per heavy atom. The van der Waals surface area contributed by atoms with Crippen LogP contribution in [-0.2, 0) is 16.4 Å². The van der Waals surface area contributed by atoms with Crippen molar-refractivity contribution in [2.24, 2.45) is 0 Å². The fourth-order valence-electron chi connectivity index (χ4n) is 1.90. The van der Waals surface area contributed by atoms with Crippen LogP contribution in [0.15, 0.2) is 34.7 Å². The van der Waals surface area contributed by atoms with Crippen molar-refractivity contribution < 1.29 is 17.8 Å². The summed E-state index contributed by atoms with van der Waals surface area (Å²) >= 11 is 6.05. The molecule has 0 amide bonds. The summed E-state index contributed by atoms with van der Waals surface area (Å²) in [5.41, 5.74) is 0.465. The molecule has 2 aromatic rings. The second-order valence-electron chi connectivity index (χ2n) is 4.99. The zero-order chi connectivity index (χ0) is 17.0. The summed E-state index contributed by atoms with van der Waals surface area (Å²) in [4.78, 5) is 10.2. The molecule has 1 aromatic carbocycles. The molecule has 0 saturated heterocycles. The molecule has 0 saturated carbocycles. The molecule has 124 valence electrons. The van der Waals surface area contributed by atoms with Crippen molar-refractivity contribution in [2.45, 2.75) is 6.54 Å². The first-order valence-corrected chi connectivity index (χ1v) is 9.11. The standard InChI is InChI=1S/C14H15ClN2O5S/c1-23(20,21)7-6-16-9-11-3-5-14(22-11)12-4-2-10(17(18)19)8-13(12)15/h2-5,8,16H,6-7,9H2,1H3. The van der Waals surface area contributed by atoms with Gasteiger partial charge in [-0.05, 0) is 18.2 Å². The highest BCUT2D eigenvalue weighted by Gasteiger charge is 2.13. The third-order valence-corrected chi connectivity index (χ3v) is 4.30. The van der Waals surface area contributed by atoms with E-state index in [1.165, 1.54) is 24.5 Å². The molecule has 1 aromatic heterocycles. The van der Waals surface area contributed by atoms with E-state index >= 15 is 0 Å². The molecular formula is C14H15ClN2O5S. The highest BCUT2D eigenvalue weighted by atomic mass is 35.5. The number of non-ortho nitro benzene ring substituents is 1. The van der Waals surface area contributed by atoms with E-state index in [0.717, 1.165) is 0 Å². The molecule has 0 aliphatic heterocycles. The number of furan rings is 1. The van der Waals surface area contributed by atoms with Crippen LogP contribution in [0.5, 0.6) is 0 Å². The van der Waals surface area contributed by atoms with Gasteiger partial charge in [0.25, 0.3) is 5.69 Å². The minimum absolute atomic E-state index is 0.0503. The molecule has 0 atom stereocenters. The van der Waals surface area contributed by atoms with Crippen LogP contribution in [0.3, 0.4) is 0 Å². The molecule has 2 rings (SSSR count). The topological polar surface area (TPSA) is 102 Å². The van der Waals surface area contributed by atoms with Gasteiger partial charge in [0.1, 0.15) is 21.4 Å². The van der Waals surface area contributed by atoms with E-state index in [0.29, 0.717) is 30.2 Å². The van der Waals surface area contributed by atoms with Crippen LogP contribution in [0.4, 0.5) is 5.69 Å². The maximum Gasteiger partial charge on any atom is 0.270 e. The molecule has 9 heteroatoms. The van der Waals surface area contributed by atoms with Crippen molar-refractivity contribution >= 4 is 27.1 Å². The summed E-state index contributed by atoms with van der Waals surface area (Å²) < 4.78 is 27.7. The maximum absolute atomic E-state index is 11.0. The number of nitro benzene ring substituents is 1. The first-order valence-electron chi connectivity index (χ1n) is 6.68. The van der Waals surface area contributed by atoms with Gasteiger partial charge in [-0.25, -0.2) is 8.42 Å². The average molecular weight is 359 g/mol. The van der Waals surface area contributed by atoms with E-state index in [4.69, 9.17) is 16.0 Å². The molecule has 1 N–H and O–H groups in total. The largest absolute Gasteiger partial charge is 0.460 e. The maximum atomic E-state index is 11.0. The highest BCUT2D eigenvalue weighted by molar-refractivity contribution is 7.90. The molecule has 7 nitrogen and oxygen atoms in total. The summed E-state index contributed by atoms with van der Waals surface area (Å²) in [6.07, 6.45) is 1.18. The smallest absolute Gasteiger partial charge is 0.270 e. The van der Waals surface area contributed by atoms with Gasteiger partial charge in [0.2, 0.25) is 0 Å². The molecule has 23 heavy (non-hydrogen) atoms. The zero-order valence-electron chi connectivity index (χ0n) is 12.3. The normalized spacial score (nSPS) is 11.6. The minimum Gasteiger partial charge on any atom is -0.460 e. The number of benzene rings is 1. The molecule has 0 spiro atoms. The lowest BCUT2D eigenvalue weighted by molar-refractivity contribution is -0.384. The van der Waals surface area contributed by atoms with Gasteiger partial charge in [-0.15, -0.1) is 0 Å². The second-order valence-corrected chi connectivity index (χ2v) is 7.66. The lowest BCUT2D eigenvalue weighted by atomic mass is 10.1. The lowest BCUT2D eigenvalue weighted by Gasteiger charge is -2.02. The Kier molecular flexibility index (Phi) is 5.40. The van der Waals surface area contributed by atoms with E-state index in [1.807, 2.05) is 0 Å². The fraction of sp³-hybridized carbons (Fsp3) is 0.286. The number of hydrogen-bond donors (Lipinski definition) is 1. The van der Waals surface area contributed by atoms with Crippen molar-refractivity contribution in [3.63, 3.8) is 0 Å². The Hall–Kier alpha value is -1.90. The summed E-state index contributed by atoms with van der Waals surface area (Å²) in [5, 5.41) is 13.9. The van der Waals surface area contributed by atoms with Gasteiger partial charge < -0.3 is 9.73 Å². The van der Waals surface area contributed by atoms with E-state index in [-0.39, 0.29) is 16.5 Å². The van der Waals surface area contributed by atoms with Crippen LogP contribution in [0, 0.1) is 10.1 Å². The quantitative estimate of drug-likeness (QED) is 0.463. The van der Waals surface area contributed by atoms with E-state index in [2.05, 4.69) is 5.32 Å². The number of halogens is 1. The lowest BCUT2D eigenvalue weighted by Crippen LogP contribution is -2.21. The summed E-state index contributed by atoms with van der Waals surface area (Å²) in [6.45, 7) is 0.702. The van der Waals surface area contributed by atoms with Gasteiger partial charge >= 0.3 is 0 Å². The third-order valence-electron chi connectivity index (χ3n) is 3.04. The van der Waals surface area contributed by atoms with Gasteiger partial charge in [0.15, 0.2) is 0 Å². The molecule has 0 bridgehead atoms. The van der Waals surface area contributed by atoms with E-state index in [1.54, 1.807) is 12.1 Å². The zero-order valence-corrected chi connectivity index (χ0v) is 13.9. The number of nitrogens with one attached hydrogen (secondary N) is 1. The Balaban J connectivity index is 2.03. The summed E-state index contributed by atoms with van der Waals surface area (Å²) in [7, 11) is -3.00. The first-order chi connectivity index (χ1) is 10.8.